The number of ether oxygens (including phenoxy) is 2. The van der Waals surface area contributed by atoms with E-state index < -0.39 is 8.07 Å². The van der Waals surface area contributed by atoms with Gasteiger partial charge in [0, 0.05) is 53.3 Å². The lowest BCUT2D eigenvalue weighted by Crippen LogP contribution is -2.48. The van der Waals surface area contributed by atoms with Gasteiger partial charge < -0.3 is 23.8 Å². The first-order chi connectivity index (χ1) is 11.4. The Morgan fingerprint density at radius 2 is 1.92 bits per heavy atom. The topological polar surface area (TPSA) is 46.9 Å². The zero-order chi connectivity index (χ0) is 17.6. The highest BCUT2D eigenvalue weighted by Gasteiger charge is 2.22. The third kappa shape index (κ3) is 5.87. The average molecular weight is 354 g/mol. The largest absolute Gasteiger partial charge is 0.450 e. The fraction of sp³-hybridized carbons (Fsp3) is 0.706. The first-order valence-electron chi connectivity index (χ1n) is 8.79. The Hall–Kier alpha value is -1.47. The van der Waals surface area contributed by atoms with E-state index in [1.807, 2.05) is 6.92 Å². The molecule has 1 saturated heterocycles. The minimum atomic E-state index is -1.02. The van der Waals surface area contributed by atoms with E-state index in [4.69, 9.17) is 9.47 Å². The zero-order valence-corrected chi connectivity index (χ0v) is 16.5. The number of nitrogens with zero attached hydrogens (tertiary/aromatic N) is 3. The monoisotopic (exact) mass is 353 g/mol. The van der Waals surface area contributed by atoms with Crippen molar-refractivity contribution in [1.82, 2.24) is 9.47 Å². The van der Waals surface area contributed by atoms with Crippen molar-refractivity contribution >= 4 is 19.9 Å². The summed E-state index contributed by atoms with van der Waals surface area (Å²) >= 11 is 0. The molecule has 1 fully saturated rings. The Kier molecular flexibility index (Phi) is 6.74. The van der Waals surface area contributed by atoms with Crippen molar-refractivity contribution in [3.63, 3.8) is 0 Å². The molecule has 136 valence electrons. The van der Waals surface area contributed by atoms with Gasteiger partial charge in [0.2, 0.25) is 0 Å². The Bertz CT molecular complexity index is 519. The first kappa shape index (κ1) is 18.9. The van der Waals surface area contributed by atoms with Crippen molar-refractivity contribution < 1.29 is 14.3 Å². The minimum Gasteiger partial charge on any atom is -0.450 e. The maximum Gasteiger partial charge on any atom is 0.409 e. The van der Waals surface area contributed by atoms with Crippen LogP contribution in [0.1, 0.15) is 6.92 Å². The van der Waals surface area contributed by atoms with Gasteiger partial charge in [0.15, 0.2) is 0 Å². The summed E-state index contributed by atoms with van der Waals surface area (Å²) in [7, 11) is -1.02. The van der Waals surface area contributed by atoms with Gasteiger partial charge >= 0.3 is 6.09 Å². The smallest absolute Gasteiger partial charge is 0.409 e. The predicted molar refractivity (Wildman–Crippen MR) is 99.3 cm³/mol. The molecule has 1 aliphatic heterocycles. The molecule has 0 spiro atoms. The predicted octanol–water partition coefficient (Wildman–Crippen LogP) is 3.08. The van der Waals surface area contributed by atoms with Crippen molar-refractivity contribution in [3.8, 4) is 0 Å². The lowest BCUT2D eigenvalue weighted by atomic mass is 10.3. The molecule has 0 unspecified atom stereocenters. The molecule has 0 N–H and O–H groups in total. The summed E-state index contributed by atoms with van der Waals surface area (Å²) < 4.78 is 12.9. The summed E-state index contributed by atoms with van der Waals surface area (Å²) in [5.74, 6) is 0. The highest BCUT2D eigenvalue weighted by atomic mass is 28.3. The summed E-state index contributed by atoms with van der Waals surface area (Å²) in [4.78, 5) is 15.8. The normalized spacial score (nSPS) is 15.7. The minimum absolute atomic E-state index is 0.203. The number of rotatable bonds is 7. The number of anilines is 1. The van der Waals surface area contributed by atoms with Crippen LogP contribution in [0.5, 0.6) is 0 Å². The Morgan fingerprint density at radius 1 is 1.21 bits per heavy atom. The number of piperazine rings is 1. The SMILES string of the molecule is CCOC(=O)N1CCN(c2ccn(COCC[Si](C)(C)C)c2)CC1. The molecule has 0 aromatic carbocycles. The van der Waals surface area contributed by atoms with Crippen molar-refractivity contribution in [3.05, 3.63) is 18.5 Å². The van der Waals surface area contributed by atoms with Crippen LogP contribution in [0.2, 0.25) is 25.7 Å². The first-order valence-corrected chi connectivity index (χ1v) is 12.5. The number of amides is 1. The highest BCUT2D eigenvalue weighted by molar-refractivity contribution is 6.76. The van der Waals surface area contributed by atoms with Crippen LogP contribution in [0.25, 0.3) is 0 Å². The van der Waals surface area contributed by atoms with E-state index >= 15 is 0 Å². The quantitative estimate of drug-likeness (QED) is 0.558. The second kappa shape index (κ2) is 8.57. The van der Waals surface area contributed by atoms with Crippen molar-refractivity contribution in [2.45, 2.75) is 39.3 Å². The molecule has 1 amide bonds. The summed E-state index contributed by atoms with van der Waals surface area (Å²) in [6.07, 6.45) is 3.97. The molecule has 2 rings (SSSR count). The van der Waals surface area contributed by atoms with Gasteiger partial charge in [-0.1, -0.05) is 19.6 Å². The molecule has 0 saturated carbocycles. The van der Waals surface area contributed by atoms with Crippen LogP contribution in [0.4, 0.5) is 10.5 Å². The van der Waals surface area contributed by atoms with Gasteiger partial charge in [-0.15, -0.1) is 0 Å². The van der Waals surface area contributed by atoms with E-state index in [0.29, 0.717) is 26.4 Å². The van der Waals surface area contributed by atoms with Gasteiger partial charge in [-0.3, -0.25) is 0 Å². The molecular formula is C17H31N3O3Si. The summed E-state index contributed by atoms with van der Waals surface area (Å²) in [5.41, 5.74) is 1.19. The van der Waals surface area contributed by atoms with Crippen molar-refractivity contribution in [2.24, 2.45) is 0 Å². The van der Waals surface area contributed by atoms with E-state index in [1.165, 1.54) is 11.7 Å². The standard InChI is InChI=1S/C17H31N3O3Si/c1-5-23-17(21)20-10-8-19(9-11-20)16-6-7-18(14-16)15-22-12-13-24(2,3)4/h6-7,14H,5,8-13,15H2,1-4H3. The number of aromatic nitrogens is 1. The molecule has 0 radical (unpaired) electrons. The van der Waals surface area contributed by atoms with Gasteiger partial charge in [-0.25, -0.2) is 4.79 Å². The number of carbonyl (C=O) groups is 1. The van der Waals surface area contributed by atoms with Crippen LogP contribution in [-0.4, -0.2) is 63.0 Å². The molecule has 7 heteroatoms. The van der Waals surface area contributed by atoms with Crippen LogP contribution < -0.4 is 4.90 Å². The Morgan fingerprint density at radius 3 is 2.54 bits per heavy atom. The van der Waals surface area contributed by atoms with E-state index in [2.05, 4.69) is 47.6 Å². The van der Waals surface area contributed by atoms with E-state index in [0.717, 1.165) is 19.7 Å². The summed E-state index contributed by atoms with van der Waals surface area (Å²) in [6, 6.07) is 3.30. The van der Waals surface area contributed by atoms with Gasteiger partial charge in [-0.05, 0) is 19.0 Å². The molecule has 24 heavy (non-hydrogen) atoms. The molecule has 0 atom stereocenters. The fourth-order valence-corrected chi connectivity index (χ4v) is 3.36. The molecule has 1 aromatic rings. The fourth-order valence-electron chi connectivity index (χ4n) is 2.61. The van der Waals surface area contributed by atoms with E-state index in [1.54, 1.807) is 4.90 Å². The Labute approximate surface area is 146 Å². The molecule has 1 aromatic heterocycles. The number of hydrogen-bond donors (Lipinski definition) is 0. The second-order valence-electron chi connectivity index (χ2n) is 7.40. The van der Waals surface area contributed by atoms with Crippen LogP contribution in [-0.2, 0) is 16.2 Å². The van der Waals surface area contributed by atoms with E-state index in [9.17, 15) is 4.79 Å². The van der Waals surface area contributed by atoms with Gasteiger partial charge in [-0.2, -0.15) is 0 Å². The van der Waals surface area contributed by atoms with Crippen LogP contribution in [0.15, 0.2) is 18.5 Å². The summed E-state index contributed by atoms with van der Waals surface area (Å²) in [6.45, 7) is 13.9. The van der Waals surface area contributed by atoms with Crippen LogP contribution in [0, 0.1) is 0 Å². The third-order valence-electron chi connectivity index (χ3n) is 4.14. The van der Waals surface area contributed by atoms with Gasteiger partial charge in [0.25, 0.3) is 0 Å². The molecule has 0 bridgehead atoms. The van der Waals surface area contributed by atoms with Crippen molar-refractivity contribution in [2.75, 3.05) is 44.3 Å². The molecule has 2 heterocycles. The zero-order valence-electron chi connectivity index (χ0n) is 15.5. The lowest BCUT2D eigenvalue weighted by Gasteiger charge is -2.34. The second-order valence-corrected chi connectivity index (χ2v) is 13.0. The maximum absolute atomic E-state index is 11.7. The highest BCUT2D eigenvalue weighted by Crippen LogP contribution is 2.17. The van der Waals surface area contributed by atoms with Gasteiger partial charge in [0.1, 0.15) is 6.73 Å². The van der Waals surface area contributed by atoms with Crippen LogP contribution in [0.3, 0.4) is 0 Å². The summed E-state index contributed by atoms with van der Waals surface area (Å²) in [5, 5.41) is 0. The average Bonchev–Trinajstić information content (AvgIpc) is 3.00. The number of carbonyl (C=O) groups excluding carboxylic acids is 1. The molecule has 6 nitrogen and oxygen atoms in total. The maximum atomic E-state index is 11.7. The number of hydrogen-bond acceptors (Lipinski definition) is 4. The lowest BCUT2D eigenvalue weighted by molar-refractivity contribution is 0.0875. The van der Waals surface area contributed by atoms with Gasteiger partial charge in [0.05, 0.1) is 12.3 Å². The Balaban J connectivity index is 1.75. The van der Waals surface area contributed by atoms with Crippen LogP contribution >= 0.6 is 0 Å². The third-order valence-corrected chi connectivity index (χ3v) is 5.85. The molecule has 0 aliphatic carbocycles. The van der Waals surface area contributed by atoms with Crippen molar-refractivity contribution in [1.29, 1.82) is 0 Å². The molecular weight excluding hydrogens is 322 g/mol. The van der Waals surface area contributed by atoms with E-state index in [-0.39, 0.29) is 6.09 Å². The molecule has 1 aliphatic rings.